The molecular formula is C26H24N2O5. The first kappa shape index (κ1) is 22.1. The molecular weight excluding hydrogens is 420 g/mol. The number of nitrogens with zero attached hydrogens (tertiary/aromatic N) is 1. The van der Waals surface area contributed by atoms with E-state index in [9.17, 15) is 9.59 Å². The minimum Gasteiger partial charge on any atom is -0.482 e. The number of ether oxygens (including phenoxy) is 2. The summed E-state index contributed by atoms with van der Waals surface area (Å²) >= 11 is 0. The molecule has 0 radical (unpaired) electrons. The molecule has 0 bridgehead atoms. The highest BCUT2D eigenvalue weighted by Gasteiger charge is 2.11. The molecule has 0 unspecified atom stereocenters. The molecule has 0 aliphatic carbocycles. The smallest absolute Gasteiger partial charge is 0.344 e. The monoisotopic (exact) mass is 444 g/mol. The van der Waals surface area contributed by atoms with Crippen LogP contribution in [-0.4, -0.2) is 30.1 Å². The van der Waals surface area contributed by atoms with Crippen molar-refractivity contribution < 1.29 is 23.5 Å². The first-order valence-corrected chi connectivity index (χ1v) is 10.7. The number of fused-ring (bicyclic) bond motifs is 1. The standard InChI is InChI=1S/C26H24N2O5/c1-2-31-25(30)17-32-21-12-9-19(10-13-21)26-28-22-16-20(11-14-23(22)33-26)27-24(29)15-8-18-6-4-3-5-7-18/h3-7,9-14,16H,2,8,15,17H2,1H3,(H,27,29). The zero-order valence-corrected chi connectivity index (χ0v) is 18.2. The summed E-state index contributed by atoms with van der Waals surface area (Å²) in [6.07, 6.45) is 1.08. The maximum atomic E-state index is 12.3. The highest BCUT2D eigenvalue weighted by atomic mass is 16.6. The van der Waals surface area contributed by atoms with E-state index in [0.717, 1.165) is 11.1 Å². The molecule has 1 amide bonds. The Morgan fingerprint density at radius 3 is 2.55 bits per heavy atom. The maximum absolute atomic E-state index is 12.3. The van der Waals surface area contributed by atoms with Crippen LogP contribution in [0, 0.1) is 0 Å². The van der Waals surface area contributed by atoms with Gasteiger partial charge >= 0.3 is 5.97 Å². The van der Waals surface area contributed by atoms with Gasteiger partial charge in [-0.15, -0.1) is 0 Å². The van der Waals surface area contributed by atoms with E-state index in [2.05, 4.69) is 10.3 Å². The van der Waals surface area contributed by atoms with Gasteiger partial charge in [-0.25, -0.2) is 9.78 Å². The Morgan fingerprint density at radius 2 is 1.79 bits per heavy atom. The Balaban J connectivity index is 1.38. The molecule has 1 N–H and O–H groups in total. The van der Waals surface area contributed by atoms with Crippen LogP contribution in [-0.2, 0) is 20.7 Å². The maximum Gasteiger partial charge on any atom is 0.344 e. The number of hydrogen-bond acceptors (Lipinski definition) is 6. The van der Waals surface area contributed by atoms with Crippen LogP contribution in [0.4, 0.5) is 5.69 Å². The number of oxazole rings is 1. The van der Waals surface area contributed by atoms with Gasteiger partial charge in [-0.2, -0.15) is 0 Å². The molecule has 1 heterocycles. The van der Waals surface area contributed by atoms with Crippen molar-refractivity contribution in [2.24, 2.45) is 0 Å². The van der Waals surface area contributed by atoms with Crippen molar-refractivity contribution in [3.8, 4) is 17.2 Å². The number of benzene rings is 3. The number of amides is 1. The van der Waals surface area contributed by atoms with Gasteiger partial charge < -0.3 is 19.2 Å². The Morgan fingerprint density at radius 1 is 1.00 bits per heavy atom. The summed E-state index contributed by atoms with van der Waals surface area (Å²) in [5, 5.41) is 2.92. The largest absolute Gasteiger partial charge is 0.482 e. The van der Waals surface area contributed by atoms with Gasteiger partial charge in [-0.05, 0) is 61.4 Å². The van der Waals surface area contributed by atoms with Crippen molar-refractivity contribution in [2.75, 3.05) is 18.5 Å². The van der Waals surface area contributed by atoms with Gasteiger partial charge in [0.15, 0.2) is 12.2 Å². The summed E-state index contributed by atoms with van der Waals surface area (Å²) in [6.45, 7) is 1.92. The van der Waals surface area contributed by atoms with E-state index >= 15 is 0 Å². The van der Waals surface area contributed by atoms with Gasteiger partial charge in [0.05, 0.1) is 6.61 Å². The molecule has 0 saturated carbocycles. The third-order valence-electron chi connectivity index (χ3n) is 4.92. The molecule has 7 nitrogen and oxygen atoms in total. The zero-order valence-electron chi connectivity index (χ0n) is 18.2. The third kappa shape index (κ3) is 5.98. The van der Waals surface area contributed by atoms with E-state index < -0.39 is 5.97 Å². The SMILES string of the molecule is CCOC(=O)COc1ccc(-c2nc3cc(NC(=O)CCc4ccccc4)ccc3o2)cc1. The molecule has 0 atom stereocenters. The first-order chi connectivity index (χ1) is 16.1. The van der Waals surface area contributed by atoms with E-state index in [1.165, 1.54) is 0 Å². The molecule has 4 aromatic rings. The van der Waals surface area contributed by atoms with Crippen molar-refractivity contribution >= 4 is 28.7 Å². The predicted molar refractivity (Wildman–Crippen MR) is 125 cm³/mol. The van der Waals surface area contributed by atoms with Gasteiger partial charge in [0.25, 0.3) is 0 Å². The molecule has 33 heavy (non-hydrogen) atoms. The Hall–Kier alpha value is -4.13. The molecule has 0 aliphatic rings. The first-order valence-electron chi connectivity index (χ1n) is 10.7. The summed E-state index contributed by atoms with van der Waals surface area (Å²) in [4.78, 5) is 28.3. The summed E-state index contributed by atoms with van der Waals surface area (Å²) in [5.74, 6) is 0.529. The predicted octanol–water partition coefficient (Wildman–Crippen LogP) is 5.01. The van der Waals surface area contributed by atoms with Gasteiger partial charge in [0.1, 0.15) is 11.3 Å². The molecule has 3 aromatic carbocycles. The van der Waals surface area contributed by atoms with Crippen LogP contribution in [0.15, 0.2) is 77.2 Å². The van der Waals surface area contributed by atoms with Gasteiger partial charge in [-0.3, -0.25) is 4.79 Å². The van der Waals surface area contributed by atoms with Crippen molar-refractivity contribution in [2.45, 2.75) is 19.8 Å². The molecule has 7 heteroatoms. The number of aromatic nitrogens is 1. The fourth-order valence-electron chi connectivity index (χ4n) is 3.29. The van der Waals surface area contributed by atoms with Gasteiger partial charge in [0, 0.05) is 17.7 Å². The number of carbonyl (C=O) groups is 2. The van der Waals surface area contributed by atoms with Crippen molar-refractivity contribution in [1.82, 2.24) is 4.98 Å². The van der Waals surface area contributed by atoms with E-state index in [1.54, 1.807) is 49.4 Å². The van der Waals surface area contributed by atoms with Crippen LogP contribution >= 0.6 is 0 Å². The van der Waals surface area contributed by atoms with Crippen LogP contribution in [0.3, 0.4) is 0 Å². The number of nitrogens with one attached hydrogen (secondary N) is 1. The minimum absolute atomic E-state index is 0.0553. The Kier molecular flexibility index (Phi) is 6.99. The van der Waals surface area contributed by atoms with Crippen molar-refractivity contribution in [3.05, 3.63) is 78.4 Å². The molecule has 1 aromatic heterocycles. The fourth-order valence-corrected chi connectivity index (χ4v) is 3.29. The number of carbonyl (C=O) groups excluding carboxylic acids is 2. The number of anilines is 1. The third-order valence-corrected chi connectivity index (χ3v) is 4.92. The van der Waals surface area contributed by atoms with E-state index in [1.807, 2.05) is 30.3 Å². The Bertz CT molecular complexity index is 1230. The molecule has 0 saturated heterocycles. The van der Waals surface area contributed by atoms with E-state index in [4.69, 9.17) is 13.9 Å². The number of aryl methyl sites for hydroxylation is 1. The summed E-state index contributed by atoms with van der Waals surface area (Å²) in [6, 6.07) is 22.4. The topological polar surface area (TPSA) is 90.7 Å². The highest BCUT2D eigenvalue weighted by molar-refractivity contribution is 5.93. The highest BCUT2D eigenvalue weighted by Crippen LogP contribution is 2.27. The average Bonchev–Trinajstić information content (AvgIpc) is 3.26. The molecule has 0 spiro atoms. The lowest BCUT2D eigenvalue weighted by Gasteiger charge is -2.05. The summed E-state index contributed by atoms with van der Waals surface area (Å²) < 4.78 is 16.1. The second kappa shape index (κ2) is 10.5. The molecule has 168 valence electrons. The average molecular weight is 444 g/mol. The normalized spacial score (nSPS) is 10.7. The van der Waals surface area contributed by atoms with Crippen LogP contribution in [0.1, 0.15) is 18.9 Å². The van der Waals surface area contributed by atoms with Crippen LogP contribution in [0.25, 0.3) is 22.6 Å². The lowest BCUT2D eigenvalue weighted by Crippen LogP contribution is -2.14. The van der Waals surface area contributed by atoms with Gasteiger partial charge in [0.2, 0.25) is 11.8 Å². The molecule has 0 fully saturated rings. The second-order valence-electron chi connectivity index (χ2n) is 7.35. The zero-order chi connectivity index (χ0) is 23.0. The number of esters is 1. The lowest BCUT2D eigenvalue weighted by molar-refractivity contribution is -0.145. The fraction of sp³-hybridized carbons (Fsp3) is 0.192. The van der Waals surface area contributed by atoms with E-state index in [0.29, 0.717) is 47.9 Å². The molecule has 4 rings (SSSR count). The number of rotatable bonds is 9. The van der Waals surface area contributed by atoms with Crippen LogP contribution in [0.5, 0.6) is 5.75 Å². The van der Waals surface area contributed by atoms with E-state index in [-0.39, 0.29) is 12.5 Å². The van der Waals surface area contributed by atoms with Crippen LogP contribution < -0.4 is 10.1 Å². The Labute approximate surface area is 191 Å². The van der Waals surface area contributed by atoms with Gasteiger partial charge in [-0.1, -0.05) is 30.3 Å². The van der Waals surface area contributed by atoms with Crippen LogP contribution in [0.2, 0.25) is 0 Å². The lowest BCUT2D eigenvalue weighted by atomic mass is 10.1. The van der Waals surface area contributed by atoms with Crippen molar-refractivity contribution in [3.63, 3.8) is 0 Å². The second-order valence-corrected chi connectivity index (χ2v) is 7.35. The van der Waals surface area contributed by atoms with Crippen molar-refractivity contribution in [1.29, 1.82) is 0 Å². The summed E-state index contributed by atoms with van der Waals surface area (Å²) in [5.41, 5.74) is 3.83. The number of hydrogen-bond donors (Lipinski definition) is 1. The quantitative estimate of drug-likeness (QED) is 0.365. The summed E-state index contributed by atoms with van der Waals surface area (Å²) in [7, 11) is 0. The minimum atomic E-state index is -0.413. The molecule has 0 aliphatic heterocycles.